The second kappa shape index (κ2) is 19.9. The summed E-state index contributed by atoms with van der Waals surface area (Å²) in [5, 5.41) is 3.36. The van der Waals surface area contributed by atoms with Gasteiger partial charge >= 0.3 is 6.18 Å². The van der Waals surface area contributed by atoms with Crippen molar-refractivity contribution in [1.29, 1.82) is 0 Å². The van der Waals surface area contributed by atoms with E-state index in [4.69, 9.17) is 53.0 Å². The fourth-order valence-electron chi connectivity index (χ4n) is 11.3. The lowest BCUT2D eigenvalue weighted by molar-refractivity contribution is -0.137. The molecule has 0 bridgehead atoms. The van der Waals surface area contributed by atoms with Crippen LogP contribution in [-0.2, 0) is 6.18 Å². The van der Waals surface area contributed by atoms with Gasteiger partial charge < -0.3 is 9.13 Å². The van der Waals surface area contributed by atoms with E-state index in [1.54, 1.807) is 6.07 Å². The molecule has 0 aliphatic heterocycles. The van der Waals surface area contributed by atoms with Crippen molar-refractivity contribution in [3.8, 4) is 79.2 Å². The number of hydrogen-bond acceptors (Lipinski definition) is 12. The number of halogens is 3. The highest BCUT2D eigenvalue weighted by Gasteiger charge is 2.31. The molecule has 13 rings (SSSR count). The van der Waals surface area contributed by atoms with Gasteiger partial charge in [-0.25, -0.2) is 69.5 Å². The van der Waals surface area contributed by atoms with Crippen LogP contribution in [0.3, 0.4) is 0 Å². The van der Waals surface area contributed by atoms with Gasteiger partial charge in [0.1, 0.15) is 46.6 Å². The SMILES string of the molecule is [C-]#[N+]c1ccc(-n2c3ccc(-c4nc(C)nc(C)n4)cc3c3cc(-c4nc(C)nc(C)n4)ccc32)c(-c2ccc(-c3ccc(C(F)(F)F)cc3[N+]#[C-])cc2-n2c3ccc(-c4nc(C)nc(C)n4)cc3c3cc(-c4nc(C)nc(C)n4)ccc32)c1. The Hall–Kier alpha value is -11.1. The molecule has 0 spiro atoms. The minimum atomic E-state index is -4.68. The topological polar surface area (TPSA) is 173 Å². The number of aryl methyl sites for hydroxylation is 8. The van der Waals surface area contributed by atoms with Crippen molar-refractivity contribution in [2.24, 2.45) is 0 Å². The quantitative estimate of drug-likeness (QED) is 0.132. The molecular weight excluding hydrogens is 1060 g/mol. The predicted molar refractivity (Wildman–Crippen MR) is 317 cm³/mol. The molecule has 19 heteroatoms. The highest BCUT2D eigenvalue weighted by atomic mass is 19.4. The zero-order valence-corrected chi connectivity index (χ0v) is 46.4. The van der Waals surface area contributed by atoms with Crippen LogP contribution in [0.15, 0.2) is 127 Å². The fourth-order valence-corrected chi connectivity index (χ4v) is 11.3. The molecule has 0 amide bonds. The van der Waals surface area contributed by atoms with E-state index in [1.807, 2.05) is 146 Å². The molecule has 0 radical (unpaired) electrons. The predicted octanol–water partition coefficient (Wildman–Crippen LogP) is 15.2. The smallest absolute Gasteiger partial charge is 0.309 e. The molecule has 0 aliphatic carbocycles. The Morgan fingerprint density at radius 2 is 0.690 bits per heavy atom. The normalized spacial score (nSPS) is 11.7. The van der Waals surface area contributed by atoms with Crippen molar-refractivity contribution in [3.63, 3.8) is 0 Å². The molecule has 0 N–H and O–H groups in total. The van der Waals surface area contributed by atoms with E-state index in [1.165, 1.54) is 6.07 Å². The first-order chi connectivity index (χ1) is 40.4. The fraction of sp³-hybridized carbons (Fsp3) is 0.138. The molecular formula is C65H45F3N16. The van der Waals surface area contributed by atoms with E-state index in [9.17, 15) is 13.2 Å². The molecule has 0 atom stereocenters. The maximum atomic E-state index is 14.3. The minimum Gasteiger partial charge on any atom is -0.309 e. The van der Waals surface area contributed by atoms with E-state index in [0.29, 0.717) is 109 Å². The molecule has 0 saturated heterocycles. The van der Waals surface area contributed by atoms with Gasteiger partial charge in [-0.1, -0.05) is 30.3 Å². The van der Waals surface area contributed by atoms with E-state index in [2.05, 4.69) is 50.9 Å². The van der Waals surface area contributed by atoms with E-state index in [0.717, 1.165) is 78.0 Å². The van der Waals surface area contributed by atoms with Crippen LogP contribution in [0.1, 0.15) is 52.2 Å². The van der Waals surface area contributed by atoms with Gasteiger partial charge in [0.2, 0.25) is 0 Å². The average molecular weight is 1110 g/mol. The van der Waals surface area contributed by atoms with E-state index >= 15 is 0 Å². The molecule has 0 unspecified atom stereocenters. The lowest BCUT2D eigenvalue weighted by atomic mass is 9.94. The summed E-state index contributed by atoms with van der Waals surface area (Å²) in [6.07, 6.45) is -4.68. The summed E-state index contributed by atoms with van der Waals surface area (Å²) >= 11 is 0. The van der Waals surface area contributed by atoms with Crippen LogP contribution in [0.2, 0.25) is 0 Å². The Labute approximate surface area is 478 Å². The highest BCUT2D eigenvalue weighted by molar-refractivity contribution is 6.14. The highest BCUT2D eigenvalue weighted by Crippen LogP contribution is 2.46. The number of nitrogens with zero attached hydrogens (tertiary/aromatic N) is 16. The molecule has 7 aromatic carbocycles. The number of fused-ring (bicyclic) bond motifs is 6. The maximum Gasteiger partial charge on any atom is 0.415 e. The third kappa shape index (κ3) is 9.23. The van der Waals surface area contributed by atoms with Crippen molar-refractivity contribution < 1.29 is 13.2 Å². The van der Waals surface area contributed by atoms with Crippen LogP contribution < -0.4 is 0 Å². The molecule has 6 aromatic heterocycles. The second-order valence-corrected chi connectivity index (χ2v) is 20.5. The summed E-state index contributed by atoms with van der Waals surface area (Å²) in [6, 6.07) is 38.6. The van der Waals surface area contributed by atoms with Gasteiger partial charge in [0.15, 0.2) is 34.7 Å². The number of rotatable bonds is 8. The third-order valence-electron chi connectivity index (χ3n) is 14.6. The average Bonchev–Trinajstić information content (AvgIpc) is 1.82. The lowest BCUT2D eigenvalue weighted by Crippen LogP contribution is -2.04. The summed E-state index contributed by atoms with van der Waals surface area (Å²) in [5.74, 6) is 6.62. The van der Waals surface area contributed by atoms with Crippen molar-refractivity contribution in [2.45, 2.75) is 61.6 Å². The van der Waals surface area contributed by atoms with Crippen LogP contribution in [0, 0.1) is 68.5 Å². The zero-order valence-electron chi connectivity index (χ0n) is 46.4. The van der Waals surface area contributed by atoms with Crippen molar-refractivity contribution in [2.75, 3.05) is 0 Å². The van der Waals surface area contributed by atoms with Crippen LogP contribution in [0.4, 0.5) is 24.5 Å². The van der Waals surface area contributed by atoms with Gasteiger partial charge in [-0.15, -0.1) is 0 Å². The second-order valence-electron chi connectivity index (χ2n) is 20.5. The number of hydrogen-bond donors (Lipinski definition) is 0. The third-order valence-corrected chi connectivity index (χ3v) is 14.6. The Morgan fingerprint density at radius 1 is 0.333 bits per heavy atom. The number of benzene rings is 7. The van der Waals surface area contributed by atoms with E-state index in [-0.39, 0.29) is 5.69 Å². The first-order valence-electron chi connectivity index (χ1n) is 26.6. The van der Waals surface area contributed by atoms with Crippen LogP contribution in [-0.4, -0.2) is 68.9 Å². The first kappa shape index (κ1) is 52.3. The summed E-state index contributed by atoms with van der Waals surface area (Å²) in [5.41, 5.74) is 8.81. The molecule has 84 heavy (non-hydrogen) atoms. The van der Waals surface area contributed by atoms with Crippen LogP contribution >= 0.6 is 0 Å². The zero-order chi connectivity index (χ0) is 58.5. The van der Waals surface area contributed by atoms with Crippen molar-refractivity contribution in [3.05, 3.63) is 202 Å². The molecule has 0 saturated carbocycles. The van der Waals surface area contributed by atoms with Crippen molar-refractivity contribution in [1.82, 2.24) is 68.9 Å². The largest absolute Gasteiger partial charge is 0.415 e. The van der Waals surface area contributed by atoms with Crippen LogP contribution in [0.25, 0.3) is 132 Å². The molecule has 406 valence electrons. The molecule has 16 nitrogen and oxygen atoms in total. The molecule has 6 heterocycles. The van der Waals surface area contributed by atoms with E-state index < -0.39 is 11.7 Å². The lowest BCUT2D eigenvalue weighted by Gasteiger charge is -2.21. The van der Waals surface area contributed by atoms with Crippen molar-refractivity contribution >= 4 is 55.0 Å². The van der Waals surface area contributed by atoms with Crippen LogP contribution in [0.5, 0.6) is 0 Å². The Morgan fingerprint density at radius 3 is 1.05 bits per heavy atom. The minimum absolute atomic E-state index is 0.171. The molecule has 0 aliphatic rings. The van der Waals surface area contributed by atoms with Gasteiger partial charge in [0, 0.05) is 54.9 Å². The van der Waals surface area contributed by atoms with Gasteiger partial charge in [0.25, 0.3) is 0 Å². The molecule has 13 aromatic rings. The molecule has 0 fully saturated rings. The number of aromatic nitrogens is 14. The summed E-state index contributed by atoms with van der Waals surface area (Å²) < 4.78 is 47.1. The summed E-state index contributed by atoms with van der Waals surface area (Å²) in [7, 11) is 0. The van der Waals surface area contributed by atoms with Gasteiger partial charge in [0.05, 0.1) is 46.6 Å². The van der Waals surface area contributed by atoms with Gasteiger partial charge in [-0.2, -0.15) is 13.2 Å². The first-order valence-corrected chi connectivity index (χ1v) is 26.6. The Bertz CT molecular complexity index is 4750. The summed E-state index contributed by atoms with van der Waals surface area (Å²) in [6.45, 7) is 31.2. The Balaban J connectivity index is 1.13. The Kier molecular flexibility index (Phi) is 12.4. The number of alkyl halides is 3. The standard InChI is InChI=1S/C65H45F3N16/c1-32-71-33(2)76-61(75-32)41-12-20-55-49(25-41)50-26-42(62-77-34(3)72-35(4)78-62)13-21-56(50)83(55)59-24-17-46(69-9)31-53(59)48-18-11-40(47-19-16-45(65(66,67)68)30-54(47)70-10)29-60(48)84-57-22-14-43(63-79-36(5)73-37(6)80-63)27-51(57)52-28-44(15-23-58(52)84)64-81-38(7)74-39(8)82-64/h11-31H,1-8H3. The summed E-state index contributed by atoms with van der Waals surface area (Å²) in [4.78, 5) is 63.2. The van der Waals surface area contributed by atoms with Gasteiger partial charge in [-0.3, -0.25) is 0 Å². The monoisotopic (exact) mass is 1110 g/mol. The van der Waals surface area contributed by atoms with Gasteiger partial charge in [-0.05, 0) is 169 Å². The maximum absolute atomic E-state index is 14.3.